The minimum Gasteiger partial charge on any atom is -0.322 e. The minimum absolute atomic E-state index is 0.174. The Kier molecular flexibility index (Phi) is 3.46. The third-order valence-electron chi connectivity index (χ3n) is 3.37. The Morgan fingerprint density at radius 1 is 1.09 bits per heavy atom. The minimum atomic E-state index is -0.810. The lowest BCUT2D eigenvalue weighted by Gasteiger charge is -2.16. The van der Waals surface area contributed by atoms with Crippen molar-refractivity contribution in [3.8, 4) is 5.69 Å². The number of hydrogen-bond donors (Lipinski definition) is 1. The summed E-state index contributed by atoms with van der Waals surface area (Å²) in [6.07, 6.45) is 0. The maximum absolute atomic E-state index is 14.0. The van der Waals surface area contributed by atoms with Gasteiger partial charge in [-0.2, -0.15) is 0 Å². The zero-order valence-corrected chi connectivity index (χ0v) is 11.8. The van der Waals surface area contributed by atoms with Crippen molar-refractivity contribution in [1.82, 2.24) is 9.55 Å². The molecular weight excluding hydrogens is 288 g/mol. The standard InChI is InChI=1S/C16H13F2N3O/c1-9(19)15-20-14-12(18)8-7-11(17)13(14)16(22)21(15)10-5-3-2-4-6-10/h2-9H,19H2,1H3/t9-/m0/s1. The molecule has 3 aromatic rings. The van der Waals surface area contributed by atoms with Gasteiger partial charge in [-0.25, -0.2) is 13.8 Å². The lowest BCUT2D eigenvalue weighted by molar-refractivity contribution is 0.607. The molecular formula is C16H13F2N3O. The molecule has 0 aliphatic heterocycles. The second kappa shape index (κ2) is 5.31. The van der Waals surface area contributed by atoms with E-state index in [1.165, 1.54) is 4.57 Å². The van der Waals surface area contributed by atoms with Gasteiger partial charge in [-0.3, -0.25) is 9.36 Å². The van der Waals surface area contributed by atoms with Gasteiger partial charge in [0.1, 0.15) is 28.4 Å². The number of aromatic nitrogens is 2. The smallest absolute Gasteiger partial charge is 0.269 e. The van der Waals surface area contributed by atoms with Gasteiger partial charge in [0.15, 0.2) is 0 Å². The number of nitrogens with two attached hydrogens (primary N) is 1. The Morgan fingerprint density at radius 2 is 1.73 bits per heavy atom. The Balaban J connectivity index is 2.51. The van der Waals surface area contributed by atoms with Crippen LogP contribution in [0.15, 0.2) is 47.3 Å². The number of para-hydroxylation sites is 1. The molecule has 1 atom stereocenters. The molecule has 6 heteroatoms. The van der Waals surface area contributed by atoms with Gasteiger partial charge in [-0.15, -0.1) is 0 Å². The highest BCUT2D eigenvalue weighted by atomic mass is 19.1. The van der Waals surface area contributed by atoms with Gasteiger partial charge in [0.05, 0.1) is 11.7 Å². The van der Waals surface area contributed by atoms with E-state index in [0.29, 0.717) is 5.69 Å². The van der Waals surface area contributed by atoms with Crippen molar-refractivity contribution in [1.29, 1.82) is 0 Å². The molecule has 0 amide bonds. The summed E-state index contributed by atoms with van der Waals surface area (Å²) in [7, 11) is 0. The van der Waals surface area contributed by atoms with Gasteiger partial charge < -0.3 is 5.73 Å². The van der Waals surface area contributed by atoms with Gasteiger partial charge in [-0.1, -0.05) is 18.2 Å². The lowest BCUT2D eigenvalue weighted by Crippen LogP contribution is -2.28. The van der Waals surface area contributed by atoms with E-state index in [1.54, 1.807) is 37.3 Å². The lowest BCUT2D eigenvalue weighted by atomic mass is 10.2. The molecule has 1 heterocycles. The first kappa shape index (κ1) is 14.3. The van der Waals surface area contributed by atoms with E-state index in [1.807, 2.05) is 0 Å². The van der Waals surface area contributed by atoms with E-state index >= 15 is 0 Å². The summed E-state index contributed by atoms with van der Waals surface area (Å²) in [4.78, 5) is 16.8. The van der Waals surface area contributed by atoms with Crippen molar-refractivity contribution >= 4 is 10.9 Å². The van der Waals surface area contributed by atoms with Crippen LogP contribution in [-0.4, -0.2) is 9.55 Å². The fourth-order valence-electron chi connectivity index (χ4n) is 2.37. The molecule has 0 unspecified atom stereocenters. The number of halogens is 2. The number of hydrogen-bond acceptors (Lipinski definition) is 3. The van der Waals surface area contributed by atoms with Gasteiger partial charge in [-0.05, 0) is 31.2 Å². The molecule has 0 saturated heterocycles. The van der Waals surface area contributed by atoms with E-state index in [-0.39, 0.29) is 16.7 Å². The monoisotopic (exact) mass is 301 g/mol. The van der Waals surface area contributed by atoms with Crippen LogP contribution >= 0.6 is 0 Å². The third-order valence-corrected chi connectivity index (χ3v) is 3.37. The molecule has 0 radical (unpaired) electrons. The van der Waals surface area contributed by atoms with Gasteiger partial charge >= 0.3 is 0 Å². The topological polar surface area (TPSA) is 60.9 Å². The zero-order chi connectivity index (χ0) is 15.9. The molecule has 0 aliphatic rings. The van der Waals surface area contributed by atoms with Crippen molar-refractivity contribution in [3.63, 3.8) is 0 Å². The molecule has 0 fully saturated rings. The summed E-state index contributed by atoms with van der Waals surface area (Å²) < 4.78 is 29.1. The summed E-state index contributed by atoms with van der Waals surface area (Å²) in [5.74, 6) is -1.39. The fraction of sp³-hybridized carbons (Fsp3) is 0.125. The molecule has 1 aromatic heterocycles. The highest BCUT2D eigenvalue weighted by Crippen LogP contribution is 2.20. The summed E-state index contributed by atoms with van der Waals surface area (Å²) in [5, 5.41) is -0.381. The third kappa shape index (κ3) is 2.17. The quantitative estimate of drug-likeness (QED) is 0.791. The number of nitrogens with zero attached hydrogens (tertiary/aromatic N) is 2. The SMILES string of the molecule is C[C@H](N)c1nc2c(F)ccc(F)c2c(=O)n1-c1ccccc1. The Hall–Kier alpha value is -2.60. The normalized spacial score (nSPS) is 12.5. The first-order valence-corrected chi connectivity index (χ1v) is 6.72. The second-order valence-electron chi connectivity index (χ2n) is 4.99. The Bertz CT molecular complexity index is 905. The van der Waals surface area contributed by atoms with Crippen molar-refractivity contribution in [2.45, 2.75) is 13.0 Å². The van der Waals surface area contributed by atoms with E-state index in [4.69, 9.17) is 5.73 Å². The van der Waals surface area contributed by atoms with E-state index in [0.717, 1.165) is 12.1 Å². The summed E-state index contributed by atoms with van der Waals surface area (Å²) in [5.41, 5.74) is 5.38. The number of benzene rings is 2. The van der Waals surface area contributed by atoms with Crippen LogP contribution in [0.5, 0.6) is 0 Å². The largest absolute Gasteiger partial charge is 0.322 e. The maximum Gasteiger partial charge on any atom is 0.269 e. The maximum atomic E-state index is 14.0. The van der Waals surface area contributed by atoms with Gasteiger partial charge in [0.25, 0.3) is 5.56 Å². The average molecular weight is 301 g/mol. The molecule has 0 bridgehead atoms. The van der Waals surface area contributed by atoms with Crippen molar-refractivity contribution in [2.75, 3.05) is 0 Å². The van der Waals surface area contributed by atoms with E-state index in [9.17, 15) is 13.6 Å². The fourth-order valence-corrected chi connectivity index (χ4v) is 2.37. The molecule has 0 spiro atoms. The van der Waals surface area contributed by atoms with Gasteiger partial charge in [0.2, 0.25) is 0 Å². The second-order valence-corrected chi connectivity index (χ2v) is 4.99. The first-order chi connectivity index (χ1) is 10.5. The van der Waals surface area contributed by atoms with Crippen LogP contribution in [0.1, 0.15) is 18.8 Å². The van der Waals surface area contributed by atoms with Crippen LogP contribution in [-0.2, 0) is 0 Å². The van der Waals surface area contributed by atoms with Crippen molar-refractivity contribution in [3.05, 3.63) is 70.3 Å². The molecule has 4 nitrogen and oxygen atoms in total. The summed E-state index contributed by atoms with van der Waals surface area (Å²) in [6, 6.07) is 9.85. The molecule has 2 N–H and O–H groups in total. The molecule has 0 saturated carbocycles. The van der Waals surface area contributed by atoms with Crippen molar-refractivity contribution in [2.24, 2.45) is 5.73 Å². The van der Waals surface area contributed by atoms with Crippen LogP contribution in [0.2, 0.25) is 0 Å². The van der Waals surface area contributed by atoms with Crippen LogP contribution in [0.25, 0.3) is 16.6 Å². The van der Waals surface area contributed by atoms with Crippen LogP contribution in [0.3, 0.4) is 0 Å². The summed E-state index contributed by atoms with van der Waals surface area (Å²) >= 11 is 0. The zero-order valence-electron chi connectivity index (χ0n) is 11.8. The van der Waals surface area contributed by atoms with Crippen molar-refractivity contribution < 1.29 is 8.78 Å². The highest BCUT2D eigenvalue weighted by molar-refractivity contribution is 5.79. The van der Waals surface area contributed by atoms with E-state index < -0.39 is 23.2 Å². The Labute approximate surface area is 124 Å². The van der Waals surface area contributed by atoms with E-state index in [2.05, 4.69) is 4.98 Å². The molecule has 22 heavy (non-hydrogen) atoms. The molecule has 2 aromatic carbocycles. The van der Waals surface area contributed by atoms with Crippen LogP contribution in [0.4, 0.5) is 8.78 Å². The summed E-state index contributed by atoms with van der Waals surface area (Å²) in [6.45, 7) is 1.63. The number of rotatable bonds is 2. The predicted octanol–water partition coefficient (Wildman–Crippen LogP) is 2.68. The van der Waals surface area contributed by atoms with Crippen LogP contribution < -0.4 is 11.3 Å². The van der Waals surface area contributed by atoms with Crippen LogP contribution in [0, 0.1) is 11.6 Å². The predicted molar refractivity (Wildman–Crippen MR) is 79.9 cm³/mol. The highest BCUT2D eigenvalue weighted by Gasteiger charge is 2.19. The average Bonchev–Trinajstić information content (AvgIpc) is 2.51. The molecule has 112 valence electrons. The first-order valence-electron chi connectivity index (χ1n) is 6.72. The molecule has 0 aliphatic carbocycles. The van der Waals surface area contributed by atoms with Gasteiger partial charge in [0, 0.05) is 0 Å². The number of fused-ring (bicyclic) bond motifs is 1. The Morgan fingerprint density at radius 3 is 2.36 bits per heavy atom. The molecule has 3 rings (SSSR count).